The zero-order valence-corrected chi connectivity index (χ0v) is 12.4. The second-order valence-corrected chi connectivity index (χ2v) is 5.49. The van der Waals surface area contributed by atoms with Gasteiger partial charge < -0.3 is 5.32 Å². The van der Waals surface area contributed by atoms with Crippen molar-refractivity contribution in [3.63, 3.8) is 0 Å². The minimum atomic E-state index is 0.282. The molecule has 0 saturated heterocycles. The summed E-state index contributed by atoms with van der Waals surface area (Å²) in [5.41, 5.74) is 4.82. The molecule has 3 nitrogen and oxygen atoms in total. The SMILES string of the molecule is Cc1nn(C)cc1NC(C)c1ccc(C(C)C)cc1. The molecule has 1 N–H and O–H groups in total. The quantitative estimate of drug-likeness (QED) is 0.896. The molecule has 0 radical (unpaired) electrons. The van der Waals surface area contributed by atoms with E-state index in [2.05, 4.69) is 55.5 Å². The molecule has 1 aromatic heterocycles. The first-order valence-electron chi connectivity index (χ1n) is 6.84. The van der Waals surface area contributed by atoms with E-state index < -0.39 is 0 Å². The first-order valence-corrected chi connectivity index (χ1v) is 6.84. The topological polar surface area (TPSA) is 29.9 Å². The van der Waals surface area contributed by atoms with Gasteiger partial charge in [0.1, 0.15) is 0 Å². The van der Waals surface area contributed by atoms with Crippen LogP contribution >= 0.6 is 0 Å². The lowest BCUT2D eigenvalue weighted by atomic mass is 9.99. The number of anilines is 1. The summed E-state index contributed by atoms with van der Waals surface area (Å²) in [4.78, 5) is 0. The molecule has 1 atom stereocenters. The van der Waals surface area contributed by atoms with Crippen LogP contribution in [0.15, 0.2) is 30.5 Å². The van der Waals surface area contributed by atoms with Gasteiger partial charge in [0.05, 0.1) is 11.4 Å². The first-order chi connectivity index (χ1) is 8.97. The van der Waals surface area contributed by atoms with E-state index in [-0.39, 0.29) is 6.04 Å². The second-order valence-electron chi connectivity index (χ2n) is 5.49. The maximum Gasteiger partial charge on any atom is 0.0825 e. The molecule has 0 aliphatic carbocycles. The van der Waals surface area contributed by atoms with Crippen LogP contribution in [0.3, 0.4) is 0 Å². The van der Waals surface area contributed by atoms with Gasteiger partial charge in [-0.25, -0.2) is 0 Å². The molecular weight excluding hydrogens is 234 g/mol. The molecule has 2 aromatic rings. The van der Waals surface area contributed by atoms with Crippen LogP contribution in [0.2, 0.25) is 0 Å². The van der Waals surface area contributed by atoms with Gasteiger partial charge in [-0.1, -0.05) is 38.1 Å². The van der Waals surface area contributed by atoms with Crippen LogP contribution in [0.5, 0.6) is 0 Å². The largest absolute Gasteiger partial charge is 0.376 e. The third-order valence-corrected chi connectivity index (χ3v) is 3.49. The minimum Gasteiger partial charge on any atom is -0.376 e. The summed E-state index contributed by atoms with van der Waals surface area (Å²) in [5, 5.41) is 7.86. The fourth-order valence-electron chi connectivity index (χ4n) is 2.23. The number of benzene rings is 1. The van der Waals surface area contributed by atoms with E-state index >= 15 is 0 Å². The average molecular weight is 257 g/mol. The Hall–Kier alpha value is -1.77. The van der Waals surface area contributed by atoms with Gasteiger partial charge in [-0.05, 0) is 30.9 Å². The molecule has 3 heteroatoms. The van der Waals surface area contributed by atoms with E-state index in [1.807, 2.05) is 24.9 Å². The van der Waals surface area contributed by atoms with Gasteiger partial charge in [0, 0.05) is 19.3 Å². The van der Waals surface area contributed by atoms with Crippen LogP contribution in [-0.4, -0.2) is 9.78 Å². The molecular formula is C16H23N3. The summed E-state index contributed by atoms with van der Waals surface area (Å²) >= 11 is 0. The summed E-state index contributed by atoms with van der Waals surface area (Å²) in [7, 11) is 1.94. The molecule has 0 fully saturated rings. The molecule has 0 aliphatic heterocycles. The summed E-state index contributed by atoms with van der Waals surface area (Å²) in [5.74, 6) is 0.581. The van der Waals surface area contributed by atoms with E-state index in [9.17, 15) is 0 Å². The molecule has 0 bridgehead atoms. The molecule has 0 spiro atoms. The van der Waals surface area contributed by atoms with Crippen molar-refractivity contribution in [1.82, 2.24) is 9.78 Å². The second kappa shape index (κ2) is 5.47. The predicted octanol–water partition coefficient (Wildman–Crippen LogP) is 4.03. The zero-order chi connectivity index (χ0) is 14.0. The fraction of sp³-hybridized carbons (Fsp3) is 0.438. The van der Waals surface area contributed by atoms with E-state index in [4.69, 9.17) is 0 Å². The fourth-order valence-corrected chi connectivity index (χ4v) is 2.23. The zero-order valence-electron chi connectivity index (χ0n) is 12.4. The van der Waals surface area contributed by atoms with Crippen molar-refractivity contribution in [2.75, 3.05) is 5.32 Å². The van der Waals surface area contributed by atoms with Crippen LogP contribution in [-0.2, 0) is 7.05 Å². The Morgan fingerprint density at radius 2 is 1.63 bits per heavy atom. The molecule has 102 valence electrons. The van der Waals surface area contributed by atoms with E-state index in [1.54, 1.807) is 0 Å². The van der Waals surface area contributed by atoms with E-state index in [0.717, 1.165) is 11.4 Å². The van der Waals surface area contributed by atoms with Crippen LogP contribution in [0.25, 0.3) is 0 Å². The monoisotopic (exact) mass is 257 g/mol. The predicted molar refractivity (Wildman–Crippen MR) is 80.5 cm³/mol. The molecule has 1 heterocycles. The molecule has 0 aliphatic rings. The third kappa shape index (κ3) is 3.16. The lowest BCUT2D eigenvalue weighted by Crippen LogP contribution is -2.07. The highest BCUT2D eigenvalue weighted by molar-refractivity contribution is 5.47. The first kappa shape index (κ1) is 13.7. The number of aromatic nitrogens is 2. The Kier molecular flexibility index (Phi) is 3.93. The summed E-state index contributed by atoms with van der Waals surface area (Å²) in [6, 6.07) is 9.13. The van der Waals surface area contributed by atoms with Crippen molar-refractivity contribution in [3.8, 4) is 0 Å². The Labute approximate surface area is 115 Å². The number of nitrogens with one attached hydrogen (secondary N) is 1. The van der Waals surface area contributed by atoms with Crippen molar-refractivity contribution in [2.24, 2.45) is 7.05 Å². The maximum atomic E-state index is 4.35. The van der Waals surface area contributed by atoms with Gasteiger partial charge in [-0.15, -0.1) is 0 Å². The number of nitrogens with zero attached hydrogens (tertiary/aromatic N) is 2. The van der Waals surface area contributed by atoms with Gasteiger partial charge in [0.25, 0.3) is 0 Å². The Morgan fingerprint density at radius 3 is 2.11 bits per heavy atom. The smallest absolute Gasteiger partial charge is 0.0825 e. The molecule has 2 rings (SSSR count). The molecule has 1 unspecified atom stereocenters. The lowest BCUT2D eigenvalue weighted by Gasteiger charge is -2.16. The molecule has 0 amide bonds. The Morgan fingerprint density at radius 1 is 1.05 bits per heavy atom. The van der Waals surface area contributed by atoms with Gasteiger partial charge >= 0.3 is 0 Å². The Bertz CT molecular complexity index is 538. The highest BCUT2D eigenvalue weighted by atomic mass is 15.3. The van der Waals surface area contributed by atoms with Gasteiger partial charge in [-0.2, -0.15) is 5.10 Å². The van der Waals surface area contributed by atoms with Crippen molar-refractivity contribution in [2.45, 2.75) is 39.7 Å². The van der Waals surface area contributed by atoms with E-state index in [1.165, 1.54) is 11.1 Å². The van der Waals surface area contributed by atoms with Crippen LogP contribution < -0.4 is 5.32 Å². The van der Waals surface area contributed by atoms with Crippen molar-refractivity contribution in [3.05, 3.63) is 47.3 Å². The molecule has 0 saturated carbocycles. The number of rotatable bonds is 4. The summed E-state index contributed by atoms with van der Waals surface area (Å²) in [6.07, 6.45) is 2.02. The van der Waals surface area contributed by atoms with Crippen LogP contribution in [0, 0.1) is 6.92 Å². The van der Waals surface area contributed by atoms with Crippen LogP contribution in [0.1, 0.15) is 49.6 Å². The standard InChI is InChI=1S/C16H23N3/c1-11(2)14-6-8-15(9-7-14)12(3)17-16-10-19(5)18-13(16)4/h6-12,17H,1-5H3. The van der Waals surface area contributed by atoms with Crippen molar-refractivity contribution >= 4 is 5.69 Å². The van der Waals surface area contributed by atoms with E-state index in [0.29, 0.717) is 5.92 Å². The molecule has 19 heavy (non-hydrogen) atoms. The highest BCUT2D eigenvalue weighted by Crippen LogP contribution is 2.23. The summed E-state index contributed by atoms with van der Waals surface area (Å²) < 4.78 is 1.84. The summed E-state index contributed by atoms with van der Waals surface area (Å²) in [6.45, 7) is 8.64. The van der Waals surface area contributed by atoms with Crippen LogP contribution in [0.4, 0.5) is 5.69 Å². The lowest BCUT2D eigenvalue weighted by molar-refractivity contribution is 0.756. The third-order valence-electron chi connectivity index (χ3n) is 3.49. The minimum absolute atomic E-state index is 0.282. The molecule has 1 aromatic carbocycles. The number of hydrogen-bond acceptors (Lipinski definition) is 2. The van der Waals surface area contributed by atoms with Crippen molar-refractivity contribution in [1.29, 1.82) is 0 Å². The van der Waals surface area contributed by atoms with Gasteiger partial charge in [0.2, 0.25) is 0 Å². The van der Waals surface area contributed by atoms with Gasteiger partial charge in [0.15, 0.2) is 0 Å². The maximum absolute atomic E-state index is 4.35. The Balaban J connectivity index is 2.11. The van der Waals surface area contributed by atoms with Crippen molar-refractivity contribution < 1.29 is 0 Å². The average Bonchev–Trinajstić information content (AvgIpc) is 2.68. The number of aryl methyl sites for hydroxylation is 2. The van der Waals surface area contributed by atoms with Gasteiger partial charge in [-0.3, -0.25) is 4.68 Å². The highest BCUT2D eigenvalue weighted by Gasteiger charge is 2.09. The normalized spacial score (nSPS) is 12.7. The number of hydrogen-bond donors (Lipinski definition) is 1.